The van der Waals surface area contributed by atoms with E-state index in [2.05, 4.69) is 20.2 Å². The summed E-state index contributed by atoms with van der Waals surface area (Å²) in [7, 11) is 2.01. The van der Waals surface area contributed by atoms with Gasteiger partial charge in [0.2, 0.25) is 0 Å². The zero-order chi connectivity index (χ0) is 44.7. The summed E-state index contributed by atoms with van der Waals surface area (Å²) in [6.45, 7) is 2.49. The highest BCUT2D eigenvalue weighted by molar-refractivity contribution is 5.87. The summed E-state index contributed by atoms with van der Waals surface area (Å²) < 4.78 is 13.9. The number of nitrogens with two attached hydrogens (primary N) is 1. The molecule has 2 aromatic heterocycles. The molecule has 1 aliphatic heterocycles. The van der Waals surface area contributed by atoms with Crippen molar-refractivity contribution < 1.29 is 33.4 Å². The molecule has 5 aromatic rings. The maximum atomic E-state index is 16.6. The molecule has 1 saturated carbocycles. The average Bonchev–Trinajstić information content (AvgIpc) is 4.03. The Morgan fingerprint density at radius 1 is 0.859 bits per heavy atom. The number of likely N-dealkylation sites (N-methyl/N-ethyl adjacent to an activating group) is 1. The van der Waals surface area contributed by atoms with Crippen LogP contribution in [-0.2, 0) is 51.8 Å². The molecule has 5 atom stereocenters. The highest BCUT2D eigenvalue weighted by Crippen LogP contribution is 2.40. The molecular weight excluding hydrogens is 811 g/mol. The zero-order valence-electron chi connectivity index (χ0n) is 36.9. The molecule has 64 heavy (non-hydrogen) atoms. The van der Waals surface area contributed by atoms with Crippen LogP contribution in [0.2, 0.25) is 0 Å². The SMILES string of the molecule is CN1CCN(C(=O)N[C@@H](Cc2ccccc2)C(=O)[N+](COCc2ccccc2)([C@@H](Cc2cnc[nH]2)C(N)=O)[C@@H](CC2CCCCC2)[C@@H](O)c2nccn2COCc2ccccc2)CC1. The molecule has 5 N–H and O–H groups in total. The lowest BCUT2D eigenvalue weighted by Crippen LogP contribution is -2.74. The number of piperazine rings is 1. The second-order valence-electron chi connectivity index (χ2n) is 17.4. The van der Waals surface area contributed by atoms with Gasteiger partial charge in [-0.1, -0.05) is 123 Å². The summed E-state index contributed by atoms with van der Waals surface area (Å²) in [6.07, 6.45) is 10.3. The van der Waals surface area contributed by atoms with E-state index in [1.54, 1.807) is 28.1 Å². The van der Waals surface area contributed by atoms with Crippen LogP contribution in [0.4, 0.5) is 4.79 Å². The van der Waals surface area contributed by atoms with Crippen LogP contribution in [-0.4, -0.2) is 115 Å². The average molecular weight is 875 g/mol. The number of hydrogen-bond acceptors (Lipinski definition) is 9. The quantitative estimate of drug-likeness (QED) is 0.0560. The molecule has 0 spiro atoms. The van der Waals surface area contributed by atoms with Gasteiger partial charge in [-0.3, -0.25) is 4.79 Å². The normalized spacial score (nSPS) is 17.8. The zero-order valence-corrected chi connectivity index (χ0v) is 36.9. The fourth-order valence-corrected chi connectivity index (χ4v) is 9.41. The summed E-state index contributed by atoms with van der Waals surface area (Å²) in [5, 5.41) is 16.4. The number of carbonyl (C=O) groups is 3. The number of quaternary nitrogens is 1. The van der Waals surface area contributed by atoms with Gasteiger partial charge in [0.05, 0.1) is 26.0 Å². The van der Waals surface area contributed by atoms with E-state index in [0.717, 1.165) is 48.8 Å². The van der Waals surface area contributed by atoms with Crippen LogP contribution in [0, 0.1) is 5.92 Å². The van der Waals surface area contributed by atoms with Crippen molar-refractivity contribution in [1.82, 2.24) is 34.6 Å². The molecule has 15 nitrogen and oxygen atoms in total. The number of primary amides is 1. The number of imidazole rings is 2. The van der Waals surface area contributed by atoms with E-state index in [1.807, 2.05) is 98.0 Å². The van der Waals surface area contributed by atoms with Crippen molar-refractivity contribution in [2.45, 2.75) is 95.5 Å². The Hall–Kier alpha value is -5.71. The summed E-state index contributed by atoms with van der Waals surface area (Å²) in [6, 6.07) is 25.1. The summed E-state index contributed by atoms with van der Waals surface area (Å²) in [5.74, 6) is -0.886. The predicted octanol–water partition coefficient (Wildman–Crippen LogP) is 5.34. The third-order valence-corrected chi connectivity index (χ3v) is 13.0. The number of aliphatic hydroxyl groups excluding tert-OH is 1. The van der Waals surface area contributed by atoms with Gasteiger partial charge in [0.1, 0.15) is 24.6 Å². The van der Waals surface area contributed by atoms with E-state index < -0.39 is 40.5 Å². The van der Waals surface area contributed by atoms with Crippen molar-refractivity contribution in [3.8, 4) is 0 Å². The summed E-state index contributed by atoms with van der Waals surface area (Å²) in [4.78, 5) is 61.4. The highest BCUT2D eigenvalue weighted by Gasteiger charge is 2.59. The number of H-pyrrole nitrogens is 1. The second-order valence-corrected chi connectivity index (χ2v) is 17.4. The number of hydrogen-bond donors (Lipinski definition) is 4. The van der Waals surface area contributed by atoms with Crippen LogP contribution in [0.3, 0.4) is 0 Å². The fourth-order valence-electron chi connectivity index (χ4n) is 9.41. The first-order valence-electron chi connectivity index (χ1n) is 22.6. The Kier molecular flexibility index (Phi) is 16.5. The Labute approximate surface area is 376 Å². The number of aromatic amines is 1. The van der Waals surface area contributed by atoms with Gasteiger partial charge in [-0.2, -0.15) is 0 Å². The number of urea groups is 1. The third-order valence-electron chi connectivity index (χ3n) is 13.0. The van der Waals surface area contributed by atoms with Crippen LogP contribution in [0.1, 0.15) is 72.8 Å². The number of aliphatic hydroxyl groups is 1. The number of nitrogens with zero attached hydrogens (tertiary/aromatic N) is 6. The van der Waals surface area contributed by atoms with Crippen molar-refractivity contribution >= 4 is 17.8 Å². The molecule has 1 unspecified atom stereocenters. The first-order chi connectivity index (χ1) is 31.2. The first kappa shape index (κ1) is 46.3. The van der Waals surface area contributed by atoms with Gasteiger partial charge in [-0.05, 0) is 29.7 Å². The maximum Gasteiger partial charge on any atom is 0.339 e. The molecule has 1 aliphatic carbocycles. The lowest BCUT2D eigenvalue weighted by molar-refractivity contribution is -0.919. The summed E-state index contributed by atoms with van der Waals surface area (Å²) >= 11 is 0. The van der Waals surface area contributed by atoms with Gasteiger partial charge in [-0.15, -0.1) is 0 Å². The van der Waals surface area contributed by atoms with E-state index in [4.69, 9.17) is 20.2 Å². The summed E-state index contributed by atoms with van der Waals surface area (Å²) in [5.41, 5.74) is 9.79. The number of amides is 4. The number of rotatable bonds is 21. The number of ether oxygens (including phenoxy) is 2. The van der Waals surface area contributed by atoms with Crippen LogP contribution >= 0.6 is 0 Å². The fraction of sp³-hybridized carbons (Fsp3) is 0.449. The number of benzene rings is 3. The van der Waals surface area contributed by atoms with Crippen LogP contribution in [0.15, 0.2) is 116 Å². The highest BCUT2D eigenvalue weighted by atomic mass is 16.5. The topological polar surface area (TPSA) is 181 Å². The number of aromatic nitrogens is 4. The smallest absolute Gasteiger partial charge is 0.339 e. The Balaban J connectivity index is 1.38. The molecule has 7 rings (SSSR count). The lowest BCUT2D eigenvalue weighted by Gasteiger charge is -2.49. The number of nitrogens with one attached hydrogen (secondary N) is 2. The molecule has 15 heteroatoms. The molecule has 1 saturated heterocycles. The maximum absolute atomic E-state index is 16.6. The van der Waals surface area contributed by atoms with Gasteiger partial charge in [0.15, 0.2) is 18.9 Å². The van der Waals surface area contributed by atoms with Crippen molar-refractivity contribution in [3.05, 3.63) is 144 Å². The Bertz CT molecular complexity index is 2180. The Morgan fingerprint density at radius 3 is 2.09 bits per heavy atom. The van der Waals surface area contributed by atoms with Crippen LogP contribution in [0.25, 0.3) is 0 Å². The van der Waals surface area contributed by atoms with Crippen molar-refractivity contribution in [2.75, 3.05) is 40.0 Å². The Morgan fingerprint density at radius 2 is 1.48 bits per heavy atom. The van der Waals surface area contributed by atoms with E-state index in [0.29, 0.717) is 44.9 Å². The second kappa shape index (κ2) is 22.8. The molecule has 0 bridgehead atoms. The monoisotopic (exact) mass is 874 g/mol. The predicted molar refractivity (Wildman–Crippen MR) is 242 cm³/mol. The van der Waals surface area contributed by atoms with Crippen molar-refractivity contribution in [3.63, 3.8) is 0 Å². The molecule has 2 aliphatic rings. The minimum Gasteiger partial charge on any atom is -0.379 e. The van der Waals surface area contributed by atoms with Gasteiger partial charge in [0.25, 0.3) is 5.91 Å². The molecule has 340 valence electrons. The van der Waals surface area contributed by atoms with E-state index in [1.165, 1.54) is 6.33 Å². The first-order valence-corrected chi connectivity index (χ1v) is 22.6. The van der Waals surface area contributed by atoms with Gasteiger partial charge >= 0.3 is 11.9 Å². The molecule has 3 aromatic carbocycles. The standard InChI is InChI=1S/C49H63N9O6/c1-55-24-26-56(27-25-55)49(62)54-42(28-37-14-6-2-7-15-37)48(61)58(36-64-33-40-20-12-5-13-21-40,44(46(50)60)30-41-31-51-34-53-41)43(29-38-16-8-3-9-17-38)45(59)47-52-22-23-57(47)35-63-32-39-18-10-4-11-19-39/h2,4-7,10-15,18-23,31,34,38,42-45,59H,3,8-9,16-17,24-30,32-33,35-36H2,1H3,(H3-,50,51,53,54,60,62)/p+1/t42-,43-,44-,45+,58?/m0/s1. The molecule has 2 fully saturated rings. The third kappa shape index (κ3) is 11.9. The molecule has 0 radical (unpaired) electrons. The van der Waals surface area contributed by atoms with Gasteiger partial charge < -0.3 is 45.0 Å². The lowest BCUT2D eigenvalue weighted by atomic mass is 9.81. The largest absolute Gasteiger partial charge is 0.379 e. The van der Waals surface area contributed by atoms with Gasteiger partial charge in [0, 0.05) is 63.3 Å². The molecule has 4 amide bonds. The van der Waals surface area contributed by atoms with Crippen LogP contribution < -0.4 is 11.1 Å². The van der Waals surface area contributed by atoms with Crippen LogP contribution in [0.5, 0.6) is 0 Å². The van der Waals surface area contributed by atoms with Crippen molar-refractivity contribution in [2.24, 2.45) is 11.7 Å². The minimum absolute atomic E-state index is 0.0251. The van der Waals surface area contributed by atoms with Gasteiger partial charge in [-0.25, -0.2) is 24.0 Å². The minimum atomic E-state index is -1.42. The van der Waals surface area contributed by atoms with E-state index in [-0.39, 0.29) is 50.7 Å². The van der Waals surface area contributed by atoms with E-state index >= 15 is 4.79 Å². The molecular formula is C49H64N9O6+. The molecule has 3 heterocycles. The van der Waals surface area contributed by atoms with E-state index in [9.17, 15) is 14.7 Å². The van der Waals surface area contributed by atoms with Crippen molar-refractivity contribution in [1.29, 1.82) is 0 Å². The number of carbonyl (C=O) groups excluding carboxylic acids is 3.